The molecular weight excluding hydrogens is 240 g/mol. The number of rotatable bonds is 0. The molecule has 130 valence electrons. The average Bonchev–Trinajstić information content (AvgIpc) is 2.71. The molecule has 0 aromatic carbocycles. The lowest BCUT2D eigenvalue weighted by atomic mass is 11.0. The zero-order valence-electron chi connectivity index (χ0n) is 16.9. The van der Waals surface area contributed by atoms with Crippen molar-refractivity contribution in [2.45, 2.75) is 69.2 Å². The summed E-state index contributed by atoms with van der Waals surface area (Å²) in [5.41, 5.74) is 0. The largest absolute Gasteiger partial charge is 0.521 e. The Bertz CT molecular complexity index is 11.6. The molecule has 0 rings (SSSR count). The molecule has 0 heterocycles. The molecule has 0 heteroatoms. The highest BCUT2D eigenvalue weighted by Gasteiger charge is 0.940. The van der Waals surface area contributed by atoms with Crippen LogP contribution in [-0.4, -0.2) is 0 Å². The van der Waals surface area contributed by atoms with Gasteiger partial charge >= 0.3 is 0 Å². The van der Waals surface area contributed by atoms with Crippen molar-refractivity contribution < 1.29 is 0 Å². The van der Waals surface area contributed by atoms with Crippen molar-refractivity contribution in [2.24, 2.45) is 0 Å². The monoisotopic (exact) mass is 289 g/mol. The highest BCUT2D eigenvalue weighted by Crippen LogP contribution is 1.15. The van der Waals surface area contributed by atoms with Gasteiger partial charge in [0.15, 0.2) is 0 Å². The first-order valence-electron chi connectivity index (χ1n) is 7.41. The summed E-state index contributed by atoms with van der Waals surface area (Å²) in [4.78, 5) is 0. The molecule has 0 aliphatic carbocycles. The van der Waals surface area contributed by atoms with Crippen LogP contribution in [0.3, 0.4) is 0 Å². The van der Waals surface area contributed by atoms with E-state index in [0.29, 0.717) is 0 Å². The summed E-state index contributed by atoms with van der Waals surface area (Å²) < 4.78 is 0. The van der Waals surface area contributed by atoms with E-state index in [9.17, 15) is 0 Å². The molecule has 0 saturated heterocycles. The van der Waals surface area contributed by atoms with E-state index < -0.39 is 0 Å². The SMILES string of the molecule is C=C.C=C.C=C.C=C.CC.CC.CC.CC.CC.[CH-]=C. The van der Waals surface area contributed by atoms with Crippen molar-refractivity contribution in [3.8, 4) is 0 Å². The van der Waals surface area contributed by atoms with Crippen LogP contribution in [0, 0.1) is 6.58 Å². The topological polar surface area (TPSA) is 0 Å². The molecule has 0 spiro atoms. The lowest BCUT2D eigenvalue weighted by molar-refractivity contribution is 1.50. The molecule has 0 aliphatic heterocycles. The van der Waals surface area contributed by atoms with Crippen LogP contribution in [0.4, 0.5) is 0 Å². The third kappa shape index (κ3) is 2440. The highest BCUT2D eigenvalue weighted by atomic mass is 13.0. The van der Waals surface area contributed by atoms with Crippen LogP contribution >= 0.6 is 0 Å². The molecule has 0 fully saturated rings. The second kappa shape index (κ2) is 2920. The zero-order chi connectivity index (χ0) is 20.0. The van der Waals surface area contributed by atoms with E-state index in [1.807, 2.05) is 69.2 Å². The van der Waals surface area contributed by atoms with Gasteiger partial charge in [0.25, 0.3) is 0 Å². The maximum absolute atomic E-state index is 4.25. The van der Waals surface area contributed by atoms with E-state index in [0.717, 1.165) is 0 Å². The molecular formula is C20H49-. The zero-order valence-corrected chi connectivity index (χ0v) is 16.9. The minimum Gasteiger partial charge on any atom is -0.521 e. The Morgan fingerprint density at radius 3 is 0.300 bits per heavy atom. The van der Waals surface area contributed by atoms with Gasteiger partial charge < -0.3 is 6.58 Å². The summed E-state index contributed by atoms with van der Waals surface area (Å²) in [6.45, 7) is 51.0. The summed E-state index contributed by atoms with van der Waals surface area (Å²) in [7, 11) is 0. The highest BCUT2D eigenvalue weighted by molar-refractivity contribution is 4.23. The summed E-state index contributed by atoms with van der Waals surface area (Å²) in [6.07, 6.45) is 0. The Labute approximate surface area is 135 Å². The van der Waals surface area contributed by atoms with Gasteiger partial charge in [0.1, 0.15) is 0 Å². The lowest BCUT2D eigenvalue weighted by Crippen LogP contribution is -0.856. The fourth-order valence-electron chi connectivity index (χ4n) is 0. The Hall–Kier alpha value is -1.30. The minimum absolute atomic E-state index is 2.00. The normalized spacial score (nSPS) is 2.50. The fraction of sp³-hybridized carbons (Fsp3) is 0.500. The lowest BCUT2D eigenvalue weighted by Gasteiger charge is -1.12. The van der Waals surface area contributed by atoms with Gasteiger partial charge in [0.2, 0.25) is 0 Å². The quantitative estimate of drug-likeness (QED) is 0.308. The van der Waals surface area contributed by atoms with Crippen LogP contribution in [0.25, 0.3) is 0 Å². The van der Waals surface area contributed by atoms with Gasteiger partial charge in [0, 0.05) is 0 Å². The first-order chi connectivity index (χ1) is 10.0. The van der Waals surface area contributed by atoms with Gasteiger partial charge in [-0.25, -0.2) is 0 Å². The second-order valence-electron chi connectivity index (χ2n) is 0. The molecule has 20 heavy (non-hydrogen) atoms. The molecule has 0 N–H and O–H groups in total. The van der Waals surface area contributed by atoms with E-state index in [2.05, 4.69) is 65.8 Å². The molecule has 0 radical (unpaired) electrons. The van der Waals surface area contributed by atoms with Crippen LogP contribution in [0.2, 0.25) is 0 Å². The first kappa shape index (κ1) is 77.4. The molecule has 0 aromatic heterocycles. The van der Waals surface area contributed by atoms with Crippen LogP contribution in [0.1, 0.15) is 69.2 Å². The molecule has 0 aromatic rings. The molecule has 0 amide bonds. The van der Waals surface area contributed by atoms with Crippen molar-refractivity contribution in [3.05, 3.63) is 65.8 Å². The third-order valence-corrected chi connectivity index (χ3v) is 0. The Morgan fingerprint density at radius 2 is 0.300 bits per heavy atom. The van der Waals surface area contributed by atoms with Crippen LogP contribution < -0.4 is 0 Å². The Balaban J connectivity index is -0.00000000694. The Morgan fingerprint density at radius 1 is 0.300 bits per heavy atom. The summed E-state index contributed by atoms with van der Waals surface area (Å²) in [5, 5.41) is 0. The molecule has 0 aliphatic rings. The van der Waals surface area contributed by atoms with Gasteiger partial charge in [-0.3, -0.25) is 6.58 Å². The predicted molar refractivity (Wildman–Crippen MR) is 112 cm³/mol. The van der Waals surface area contributed by atoms with Gasteiger partial charge in [0.05, 0.1) is 0 Å². The molecule has 0 bridgehead atoms. The van der Waals surface area contributed by atoms with Crippen molar-refractivity contribution in [1.29, 1.82) is 0 Å². The number of hydrogen-bond acceptors (Lipinski definition) is 0. The predicted octanol–water partition coefficient (Wildman–Crippen LogP) is 8.95. The summed E-state index contributed by atoms with van der Waals surface area (Å²) >= 11 is 0. The van der Waals surface area contributed by atoms with Gasteiger partial charge in [-0.2, -0.15) is 0 Å². The van der Waals surface area contributed by atoms with Crippen LogP contribution in [-0.2, 0) is 0 Å². The van der Waals surface area contributed by atoms with Crippen LogP contribution in [0.5, 0.6) is 0 Å². The maximum atomic E-state index is 4.25. The molecule has 0 atom stereocenters. The Kier molecular flexibility index (Phi) is 11300. The first-order valence-corrected chi connectivity index (χ1v) is 7.41. The third-order valence-electron chi connectivity index (χ3n) is 0. The summed E-state index contributed by atoms with van der Waals surface area (Å²) in [6, 6.07) is 0. The second-order valence-corrected chi connectivity index (χ2v) is 0. The van der Waals surface area contributed by atoms with E-state index >= 15 is 0 Å². The van der Waals surface area contributed by atoms with E-state index in [1.54, 1.807) is 0 Å². The van der Waals surface area contributed by atoms with Crippen molar-refractivity contribution in [1.82, 2.24) is 0 Å². The summed E-state index contributed by atoms with van der Waals surface area (Å²) in [5.74, 6) is 0. The van der Waals surface area contributed by atoms with Gasteiger partial charge in [-0.15, -0.1) is 52.6 Å². The van der Waals surface area contributed by atoms with E-state index in [1.165, 1.54) is 0 Å². The molecule has 0 nitrogen and oxygen atoms in total. The standard InChI is InChI=1S/5C2H6.4C2H4.C2H3/c10*1-2/h5*1-2H3;4*1-2H2;1H,2H2/q;;;;;;;;;-1. The minimum atomic E-state index is 2.00. The van der Waals surface area contributed by atoms with Crippen molar-refractivity contribution >= 4 is 0 Å². The average molecular weight is 290 g/mol. The number of hydrogen-bond donors (Lipinski definition) is 0. The van der Waals surface area contributed by atoms with Crippen LogP contribution in [0.15, 0.2) is 59.2 Å². The fourth-order valence-corrected chi connectivity index (χ4v) is 0. The molecule has 0 saturated carbocycles. The van der Waals surface area contributed by atoms with Gasteiger partial charge in [-0.05, 0) is 0 Å². The smallest absolute Gasteiger partial charge is 0.0683 e. The van der Waals surface area contributed by atoms with E-state index in [4.69, 9.17) is 0 Å². The van der Waals surface area contributed by atoms with E-state index in [-0.39, 0.29) is 0 Å². The maximum Gasteiger partial charge on any atom is -0.0683 e. The van der Waals surface area contributed by atoms with Gasteiger partial charge in [-0.1, -0.05) is 69.2 Å². The van der Waals surface area contributed by atoms with Crippen molar-refractivity contribution in [2.75, 3.05) is 0 Å². The van der Waals surface area contributed by atoms with Crippen molar-refractivity contribution in [3.63, 3.8) is 0 Å². The molecule has 0 unspecified atom stereocenters.